The number of carbonyl (C=O) groups excluding carboxylic acids is 4. The summed E-state index contributed by atoms with van der Waals surface area (Å²) in [5, 5.41) is 6.27. The lowest BCUT2D eigenvalue weighted by Crippen LogP contribution is -2.35. The molecule has 2 atom stereocenters. The Bertz CT molecular complexity index is 1480. The fourth-order valence-corrected chi connectivity index (χ4v) is 6.17. The van der Waals surface area contributed by atoms with Gasteiger partial charge in [-0.3, -0.25) is 19.2 Å². The Morgan fingerprint density at radius 2 is 1.49 bits per heavy atom. The van der Waals surface area contributed by atoms with Gasteiger partial charge in [0.15, 0.2) is 9.84 Å². The van der Waals surface area contributed by atoms with Crippen LogP contribution >= 0.6 is 0 Å². The summed E-state index contributed by atoms with van der Waals surface area (Å²) in [5.74, 6) is -2.72. The number of nitrogens with zero attached hydrogens (tertiary/aromatic N) is 4. The first-order valence-corrected chi connectivity index (χ1v) is 19.2. The fraction of sp³-hybridized carbons (Fsp3) is 0.697. The summed E-state index contributed by atoms with van der Waals surface area (Å²) < 4.78 is 97.2. The number of hydrogen-bond donors (Lipinski definition) is 1. The van der Waals surface area contributed by atoms with Crippen molar-refractivity contribution in [2.45, 2.75) is 75.1 Å². The molecule has 3 amide bonds. The summed E-state index contributed by atoms with van der Waals surface area (Å²) in [6.07, 6.45) is -6.88. The molecule has 310 valence electrons. The van der Waals surface area contributed by atoms with Crippen LogP contribution in [0.1, 0.15) is 57.4 Å². The van der Waals surface area contributed by atoms with Crippen LogP contribution in [0.2, 0.25) is 0 Å². The number of nitrogens with one attached hydrogen (secondary N) is 1. The zero-order chi connectivity index (χ0) is 40.5. The van der Waals surface area contributed by atoms with Crippen LogP contribution in [-0.2, 0) is 63.7 Å². The van der Waals surface area contributed by atoms with Gasteiger partial charge in [-0.25, -0.2) is 13.2 Å². The van der Waals surface area contributed by atoms with Crippen molar-refractivity contribution in [3.8, 4) is 0 Å². The van der Waals surface area contributed by atoms with Crippen LogP contribution < -0.4 is 5.32 Å². The summed E-state index contributed by atoms with van der Waals surface area (Å²) in [5.41, 5.74) is 7.13. The van der Waals surface area contributed by atoms with Gasteiger partial charge in [-0.1, -0.05) is 10.2 Å². The Morgan fingerprint density at radius 3 is 2.13 bits per heavy atom. The minimum Gasteiger partial charge on any atom is -0.428 e. The zero-order valence-corrected chi connectivity index (χ0v) is 31.4. The van der Waals surface area contributed by atoms with Gasteiger partial charge >= 0.3 is 12.3 Å². The average molecular weight is 812 g/mol. The third-order valence-electron chi connectivity index (χ3n) is 7.57. The molecule has 55 heavy (non-hydrogen) atoms. The SMILES string of the molecule is CC(CCOCCOCCN=[N+]=[N-])OCCOCCOCCNC(=O)CCCCC(CS(=O)(=O)c1ccc(C(F)(F)F)cc1)OC(=O)ON1C(=O)CCC1=O. The molecule has 0 radical (unpaired) electrons. The van der Waals surface area contributed by atoms with Gasteiger partial charge in [0.25, 0.3) is 11.8 Å². The van der Waals surface area contributed by atoms with E-state index in [9.17, 15) is 40.8 Å². The second-order valence-electron chi connectivity index (χ2n) is 11.9. The Kier molecular flexibility index (Phi) is 22.2. The molecule has 1 aliphatic heterocycles. The Hall–Kier alpha value is -4.05. The third-order valence-corrected chi connectivity index (χ3v) is 9.37. The number of ether oxygens (including phenoxy) is 6. The highest BCUT2D eigenvalue weighted by molar-refractivity contribution is 7.91. The number of rotatable bonds is 29. The highest BCUT2D eigenvalue weighted by atomic mass is 32.2. The van der Waals surface area contributed by atoms with Crippen LogP contribution in [0.5, 0.6) is 0 Å². The van der Waals surface area contributed by atoms with Crippen molar-refractivity contribution in [1.82, 2.24) is 10.4 Å². The van der Waals surface area contributed by atoms with Gasteiger partial charge in [0.1, 0.15) is 6.10 Å². The molecule has 0 aliphatic carbocycles. The van der Waals surface area contributed by atoms with E-state index < -0.39 is 56.3 Å². The summed E-state index contributed by atoms with van der Waals surface area (Å²) >= 11 is 0. The van der Waals surface area contributed by atoms with Crippen LogP contribution in [0, 0.1) is 0 Å². The number of carbonyl (C=O) groups is 4. The molecule has 1 fully saturated rings. The number of amides is 3. The van der Waals surface area contributed by atoms with Gasteiger partial charge in [-0.05, 0) is 62.4 Å². The molecule has 1 N–H and O–H groups in total. The lowest BCUT2D eigenvalue weighted by atomic mass is 10.1. The van der Waals surface area contributed by atoms with Gasteiger partial charge in [-0.15, -0.1) is 0 Å². The van der Waals surface area contributed by atoms with Gasteiger partial charge in [0.05, 0.1) is 75.2 Å². The highest BCUT2D eigenvalue weighted by Gasteiger charge is 2.35. The molecular weight excluding hydrogens is 763 g/mol. The van der Waals surface area contributed by atoms with Crippen LogP contribution in [0.3, 0.4) is 0 Å². The largest absolute Gasteiger partial charge is 0.534 e. The van der Waals surface area contributed by atoms with Crippen LogP contribution in [0.4, 0.5) is 18.0 Å². The third kappa shape index (κ3) is 20.4. The summed E-state index contributed by atoms with van der Waals surface area (Å²) in [4.78, 5) is 55.1. The minimum absolute atomic E-state index is 0.0225. The second kappa shape index (κ2) is 25.9. The van der Waals surface area contributed by atoms with Crippen molar-refractivity contribution < 1.29 is 74.0 Å². The smallest absolute Gasteiger partial charge is 0.428 e. The van der Waals surface area contributed by atoms with E-state index in [0.29, 0.717) is 71.4 Å². The quantitative estimate of drug-likeness (QED) is 0.0302. The number of unbranched alkanes of at least 4 members (excludes halogenated alkanes) is 1. The molecule has 2 unspecified atom stereocenters. The normalized spacial score (nSPS) is 14.4. The van der Waals surface area contributed by atoms with Gasteiger partial charge in [-0.2, -0.15) is 13.2 Å². The predicted octanol–water partition coefficient (Wildman–Crippen LogP) is 3.91. The molecule has 1 aromatic carbocycles. The number of imide groups is 1. The molecule has 1 saturated heterocycles. The molecule has 0 spiro atoms. The predicted molar refractivity (Wildman–Crippen MR) is 185 cm³/mol. The van der Waals surface area contributed by atoms with E-state index in [0.717, 1.165) is 12.1 Å². The summed E-state index contributed by atoms with van der Waals surface area (Å²) in [6, 6.07) is 2.79. The molecule has 1 aromatic rings. The molecular formula is C33H48F3N5O13S. The summed E-state index contributed by atoms with van der Waals surface area (Å²) in [6.45, 7) is 5.75. The molecule has 1 aliphatic rings. The maximum atomic E-state index is 13.0. The molecule has 22 heteroatoms. The summed E-state index contributed by atoms with van der Waals surface area (Å²) in [7, 11) is -4.28. The van der Waals surface area contributed by atoms with Crippen molar-refractivity contribution in [2.75, 3.05) is 78.3 Å². The molecule has 0 aromatic heterocycles. The lowest BCUT2D eigenvalue weighted by molar-refractivity contribution is -0.178. The van der Waals surface area contributed by atoms with Crippen molar-refractivity contribution in [2.24, 2.45) is 5.11 Å². The second-order valence-corrected chi connectivity index (χ2v) is 14.0. The lowest BCUT2D eigenvalue weighted by Gasteiger charge is -2.19. The number of hydroxylamine groups is 2. The standard InChI is InChI=1S/C33H48F3N5O13S/c1-25(12-15-48-18-19-50-17-14-39-40-37)52-23-22-51-21-20-49-16-13-38-29(42)5-3-2-4-27(53-32(45)54-41-30(43)10-11-31(41)44)24-55(46,47)28-8-6-26(7-9-28)33(34,35)36/h6-9,25,27H,2-5,10-24H2,1H3,(H,38,42). The number of hydrogen-bond acceptors (Lipinski definition) is 14. The molecule has 2 rings (SSSR count). The minimum atomic E-state index is -4.68. The molecule has 0 bridgehead atoms. The zero-order valence-electron chi connectivity index (χ0n) is 30.5. The van der Waals surface area contributed by atoms with E-state index in [4.69, 9.17) is 34.0 Å². The number of benzene rings is 1. The molecule has 0 saturated carbocycles. The maximum Gasteiger partial charge on any atom is 0.534 e. The first-order valence-electron chi connectivity index (χ1n) is 17.6. The van der Waals surface area contributed by atoms with E-state index in [1.807, 2.05) is 6.92 Å². The topological polar surface area (TPSA) is 231 Å². The number of alkyl halides is 3. The maximum absolute atomic E-state index is 13.0. The van der Waals surface area contributed by atoms with Crippen molar-refractivity contribution in [3.63, 3.8) is 0 Å². The Labute approximate surface area is 316 Å². The first kappa shape index (κ1) is 47.1. The van der Waals surface area contributed by atoms with Gasteiger partial charge < -0.3 is 33.7 Å². The fourth-order valence-electron chi connectivity index (χ4n) is 4.70. The van der Waals surface area contributed by atoms with Crippen LogP contribution in [0.25, 0.3) is 10.4 Å². The van der Waals surface area contributed by atoms with Gasteiger partial charge in [0.2, 0.25) is 5.91 Å². The van der Waals surface area contributed by atoms with E-state index in [1.54, 1.807) is 0 Å². The van der Waals surface area contributed by atoms with Gasteiger partial charge in [0, 0.05) is 43.9 Å². The monoisotopic (exact) mass is 811 g/mol. The van der Waals surface area contributed by atoms with Crippen LogP contribution in [0.15, 0.2) is 34.3 Å². The van der Waals surface area contributed by atoms with E-state index in [-0.39, 0.29) is 75.3 Å². The first-order chi connectivity index (χ1) is 26.2. The molecule has 1 heterocycles. The van der Waals surface area contributed by atoms with E-state index >= 15 is 0 Å². The number of azide groups is 1. The van der Waals surface area contributed by atoms with Crippen molar-refractivity contribution >= 4 is 33.7 Å². The van der Waals surface area contributed by atoms with Crippen molar-refractivity contribution in [1.29, 1.82) is 0 Å². The highest BCUT2D eigenvalue weighted by Crippen LogP contribution is 2.30. The van der Waals surface area contributed by atoms with Crippen LogP contribution in [-0.4, -0.2) is 128 Å². The van der Waals surface area contributed by atoms with E-state index in [1.165, 1.54) is 0 Å². The number of halogens is 3. The number of sulfone groups is 1. The Morgan fingerprint density at radius 1 is 0.891 bits per heavy atom. The Balaban J connectivity index is 1.61. The van der Waals surface area contributed by atoms with E-state index in [2.05, 4.69) is 20.2 Å². The van der Waals surface area contributed by atoms with Crippen molar-refractivity contribution in [3.05, 3.63) is 40.3 Å². The average Bonchev–Trinajstić information content (AvgIpc) is 3.45. The molecule has 18 nitrogen and oxygen atoms in total.